The van der Waals surface area contributed by atoms with E-state index in [1.807, 2.05) is 39.0 Å². The van der Waals surface area contributed by atoms with Crippen LogP contribution in [0.3, 0.4) is 0 Å². The summed E-state index contributed by atoms with van der Waals surface area (Å²) < 4.78 is 0. The van der Waals surface area contributed by atoms with Gasteiger partial charge in [-0.1, -0.05) is 39.0 Å². The Kier molecular flexibility index (Phi) is 5.15. The molecular weight excluding hydrogens is 378 g/mol. The van der Waals surface area contributed by atoms with Gasteiger partial charge in [-0.05, 0) is 31.0 Å². The van der Waals surface area contributed by atoms with Crippen LogP contribution in [0.4, 0.5) is 0 Å². The number of likely N-dealkylation sites (tertiary alicyclic amines) is 1. The predicted molar refractivity (Wildman–Crippen MR) is 116 cm³/mol. The molecule has 1 aliphatic rings. The third kappa shape index (κ3) is 3.85. The van der Waals surface area contributed by atoms with Gasteiger partial charge in [0.2, 0.25) is 5.91 Å². The smallest absolute Gasteiger partial charge is 0.234 e. The van der Waals surface area contributed by atoms with Gasteiger partial charge in [0.25, 0.3) is 0 Å². The number of hydrogen-bond donors (Lipinski definition) is 2. The van der Waals surface area contributed by atoms with Crippen molar-refractivity contribution in [2.24, 2.45) is 11.1 Å². The molecule has 1 aromatic carbocycles. The number of nitrogens with one attached hydrogen (secondary N) is 1. The van der Waals surface area contributed by atoms with Gasteiger partial charge in [-0.15, -0.1) is 0 Å². The van der Waals surface area contributed by atoms with E-state index >= 15 is 0 Å². The Labute approximate surface area is 175 Å². The van der Waals surface area contributed by atoms with E-state index in [0.717, 1.165) is 30.5 Å². The zero-order valence-electron chi connectivity index (χ0n) is 17.6. The topological polar surface area (TPSA) is 105 Å². The highest BCUT2D eigenvalue weighted by Gasteiger charge is 2.29. The van der Waals surface area contributed by atoms with Crippen molar-refractivity contribution in [2.45, 2.75) is 46.2 Å². The first-order valence-corrected chi connectivity index (χ1v) is 10.3. The Hall–Kier alpha value is -3.06. The number of aromatic amines is 1. The van der Waals surface area contributed by atoms with Gasteiger partial charge in [-0.25, -0.2) is 9.97 Å². The van der Waals surface area contributed by atoms with E-state index in [2.05, 4.69) is 20.9 Å². The van der Waals surface area contributed by atoms with Crippen molar-refractivity contribution < 1.29 is 9.59 Å². The van der Waals surface area contributed by atoms with Crippen LogP contribution in [0.1, 0.15) is 49.5 Å². The van der Waals surface area contributed by atoms with Gasteiger partial charge in [0.05, 0.1) is 23.5 Å². The summed E-state index contributed by atoms with van der Waals surface area (Å²) in [6.07, 6.45) is 5.20. The number of rotatable bonds is 5. The van der Waals surface area contributed by atoms with Crippen molar-refractivity contribution in [1.29, 1.82) is 0 Å². The molecule has 0 bridgehead atoms. The summed E-state index contributed by atoms with van der Waals surface area (Å²) in [4.78, 5) is 38.9. The minimum Gasteiger partial charge on any atom is -0.368 e. The number of nitrogens with two attached hydrogens (primary N) is 1. The fourth-order valence-electron chi connectivity index (χ4n) is 4.01. The number of hydrogen-bond acceptors (Lipinski definition) is 5. The number of nitrogens with zero attached hydrogens (tertiary/aromatic N) is 3. The first kappa shape index (κ1) is 20.2. The van der Waals surface area contributed by atoms with Crippen molar-refractivity contribution in [1.82, 2.24) is 19.9 Å². The maximum atomic E-state index is 12.8. The molecule has 4 rings (SSSR count). The lowest BCUT2D eigenvalue weighted by molar-refractivity contribution is -0.122. The van der Waals surface area contributed by atoms with Crippen LogP contribution < -0.4 is 5.73 Å². The summed E-state index contributed by atoms with van der Waals surface area (Å²) in [5.41, 5.74) is 9.51. The third-order valence-electron chi connectivity index (χ3n) is 5.61. The van der Waals surface area contributed by atoms with Crippen molar-refractivity contribution in [2.75, 3.05) is 6.54 Å². The van der Waals surface area contributed by atoms with E-state index in [1.165, 1.54) is 0 Å². The standard InChI is InChI=1S/C23H27N5O2/c1-23(2,3)20(29)16-11-25-22-19(16)27-17(12-26-22)15-7-4-6-14(10-15)13-28-9-5-8-18(28)21(24)30/h4,6-7,10-12,18H,5,8-9,13H2,1-3H3,(H2,24,30)(H,25,26). The van der Waals surface area contributed by atoms with Crippen molar-refractivity contribution >= 4 is 22.9 Å². The van der Waals surface area contributed by atoms with Gasteiger partial charge >= 0.3 is 0 Å². The number of carbonyl (C=O) groups excluding carboxylic acids is 2. The highest BCUT2D eigenvalue weighted by molar-refractivity contribution is 6.08. The summed E-state index contributed by atoms with van der Waals surface area (Å²) in [6, 6.07) is 7.85. The lowest BCUT2D eigenvalue weighted by Gasteiger charge is -2.22. The zero-order chi connectivity index (χ0) is 21.5. The number of ketones is 1. The van der Waals surface area contributed by atoms with Crippen LogP contribution in [0.2, 0.25) is 0 Å². The summed E-state index contributed by atoms with van der Waals surface area (Å²) in [6.45, 7) is 7.21. The summed E-state index contributed by atoms with van der Waals surface area (Å²) >= 11 is 0. The maximum Gasteiger partial charge on any atom is 0.234 e. The summed E-state index contributed by atoms with van der Waals surface area (Å²) in [5.74, 6) is -0.232. The average Bonchev–Trinajstić information content (AvgIpc) is 3.33. The molecule has 30 heavy (non-hydrogen) atoms. The number of Topliss-reactive ketones (excluding diaryl/α,β-unsaturated/α-hetero) is 1. The first-order valence-electron chi connectivity index (χ1n) is 10.3. The van der Waals surface area contributed by atoms with Gasteiger partial charge in [0.15, 0.2) is 11.4 Å². The Morgan fingerprint density at radius 1 is 1.30 bits per heavy atom. The fraction of sp³-hybridized carbons (Fsp3) is 0.391. The normalized spacial score (nSPS) is 17.5. The Morgan fingerprint density at radius 2 is 2.10 bits per heavy atom. The second-order valence-corrected chi connectivity index (χ2v) is 8.97. The number of H-pyrrole nitrogens is 1. The van der Waals surface area contributed by atoms with Crippen LogP contribution in [0.5, 0.6) is 0 Å². The first-order chi connectivity index (χ1) is 14.2. The maximum absolute atomic E-state index is 12.8. The molecule has 7 heteroatoms. The molecule has 1 unspecified atom stereocenters. The zero-order valence-corrected chi connectivity index (χ0v) is 17.6. The molecule has 0 spiro atoms. The lowest BCUT2D eigenvalue weighted by atomic mass is 9.87. The van der Waals surface area contributed by atoms with E-state index in [9.17, 15) is 9.59 Å². The molecule has 0 aliphatic carbocycles. The molecule has 0 saturated carbocycles. The SMILES string of the molecule is CC(C)(C)C(=O)c1c[nH]c2ncc(-c3cccc(CN4CCCC4C(N)=O)c3)nc12. The predicted octanol–water partition coefficient (Wildman–Crippen LogP) is 3.30. The largest absolute Gasteiger partial charge is 0.368 e. The van der Waals surface area contributed by atoms with Gasteiger partial charge in [-0.3, -0.25) is 14.5 Å². The fourth-order valence-corrected chi connectivity index (χ4v) is 4.01. The number of aromatic nitrogens is 3. The van der Waals surface area contributed by atoms with E-state index in [1.54, 1.807) is 12.4 Å². The molecule has 1 saturated heterocycles. The van der Waals surface area contributed by atoms with Crippen molar-refractivity contribution in [3.05, 3.63) is 47.8 Å². The molecule has 0 radical (unpaired) electrons. The van der Waals surface area contributed by atoms with Crippen LogP contribution in [0.25, 0.3) is 22.4 Å². The van der Waals surface area contributed by atoms with E-state index in [0.29, 0.717) is 29.0 Å². The summed E-state index contributed by atoms with van der Waals surface area (Å²) in [7, 11) is 0. The van der Waals surface area contributed by atoms with Gasteiger partial charge < -0.3 is 10.7 Å². The number of fused-ring (bicyclic) bond motifs is 1. The second-order valence-electron chi connectivity index (χ2n) is 8.97. The van der Waals surface area contributed by atoms with Crippen LogP contribution >= 0.6 is 0 Å². The molecule has 1 fully saturated rings. The van der Waals surface area contributed by atoms with Crippen molar-refractivity contribution in [3.63, 3.8) is 0 Å². The third-order valence-corrected chi connectivity index (χ3v) is 5.61. The minimum atomic E-state index is -0.501. The van der Waals surface area contributed by atoms with Crippen LogP contribution in [0, 0.1) is 5.41 Å². The molecule has 1 amide bonds. The highest BCUT2D eigenvalue weighted by atomic mass is 16.1. The second kappa shape index (κ2) is 7.65. The van der Waals surface area contributed by atoms with E-state index < -0.39 is 5.41 Å². The van der Waals surface area contributed by atoms with Crippen molar-refractivity contribution in [3.8, 4) is 11.3 Å². The minimum absolute atomic E-state index is 0.0282. The molecule has 2 aromatic heterocycles. The monoisotopic (exact) mass is 405 g/mol. The molecule has 156 valence electrons. The lowest BCUT2D eigenvalue weighted by Crippen LogP contribution is -2.39. The van der Waals surface area contributed by atoms with Crippen LogP contribution in [-0.2, 0) is 11.3 Å². The van der Waals surface area contributed by atoms with Gasteiger partial charge in [0.1, 0.15) is 5.52 Å². The molecule has 3 aromatic rings. The van der Waals surface area contributed by atoms with Gasteiger partial charge in [-0.2, -0.15) is 0 Å². The van der Waals surface area contributed by atoms with E-state index in [4.69, 9.17) is 10.7 Å². The molecule has 3 heterocycles. The molecular formula is C23H27N5O2. The average molecular weight is 406 g/mol. The summed E-state index contributed by atoms with van der Waals surface area (Å²) in [5, 5.41) is 0. The Bertz CT molecular complexity index is 1110. The molecule has 1 aliphatic heterocycles. The van der Waals surface area contributed by atoms with Gasteiger partial charge in [0, 0.05) is 23.7 Å². The molecule has 3 N–H and O–H groups in total. The molecule has 1 atom stereocenters. The number of carbonyl (C=O) groups is 2. The molecule has 7 nitrogen and oxygen atoms in total. The Morgan fingerprint density at radius 3 is 2.83 bits per heavy atom. The number of amides is 1. The number of benzene rings is 1. The highest BCUT2D eigenvalue weighted by Crippen LogP contribution is 2.28. The Balaban J connectivity index is 1.65. The van der Waals surface area contributed by atoms with Crippen LogP contribution in [-0.4, -0.2) is 44.1 Å². The van der Waals surface area contributed by atoms with E-state index in [-0.39, 0.29) is 17.7 Å². The van der Waals surface area contributed by atoms with Crippen LogP contribution in [0.15, 0.2) is 36.7 Å². The quantitative estimate of drug-likeness (QED) is 0.634. The number of primary amides is 1.